The third-order valence-electron chi connectivity index (χ3n) is 15.9. The standard InChI is InChI=1S/C72H84N6O10/c1-11-75(53-27-31-59-63(45-53)87-65-47-55(29-33-61(65)67(59)57-25-19-17-23-51(57)9)77(13-3)39-43-85-71(81)73-35-41-83-69(79)49(5)6)37-21-15-16-22-38-76(12-2)54-28-32-60-64(46-54)88-66-48-56(30-34-62(66)68(60)58-26-20-18-24-52(58)10)78(14-4)40-44-86-72(82)74-36-42-84-70(80)50(7)8/h17-20,23-34,45-48H,5,7,11-16,21-22,35-44H2,1-4,6,8-10H3/p+2. The van der Waals surface area contributed by atoms with E-state index in [0.717, 1.165) is 141 Å². The molecule has 0 aromatic heterocycles. The van der Waals surface area contributed by atoms with Crippen molar-refractivity contribution in [2.75, 3.05) is 102 Å². The predicted octanol–water partition coefficient (Wildman–Crippen LogP) is 12.5. The number of amides is 2. The molecule has 2 aliphatic carbocycles. The van der Waals surface area contributed by atoms with Crippen molar-refractivity contribution < 1.29 is 47.0 Å². The fraction of sp³-hybridized carbons (Fsp3) is 0.361. The average molecular weight is 1200 g/mol. The van der Waals surface area contributed by atoms with Crippen LogP contribution in [-0.2, 0) is 28.5 Å². The van der Waals surface area contributed by atoms with E-state index in [1.165, 1.54) is 11.1 Å². The number of carbonyl (C=O) groups is 4. The van der Waals surface area contributed by atoms with Gasteiger partial charge in [0, 0.05) is 106 Å². The Bertz CT molecular complexity index is 3630. The lowest BCUT2D eigenvalue weighted by Gasteiger charge is -2.24. The molecule has 0 atom stereocenters. The summed E-state index contributed by atoms with van der Waals surface area (Å²) in [6.45, 7) is 29.6. The number of fused-ring (bicyclic) bond motifs is 4. The van der Waals surface area contributed by atoms with E-state index in [2.05, 4.69) is 206 Å². The highest BCUT2D eigenvalue weighted by Gasteiger charge is 2.23. The largest absolute Gasteiger partial charge is 0.460 e. The number of likely N-dealkylation sites (N-methyl/N-ethyl adjacent to an activating group) is 2. The van der Waals surface area contributed by atoms with Gasteiger partial charge in [-0.3, -0.25) is 0 Å². The zero-order chi connectivity index (χ0) is 62.7. The minimum absolute atomic E-state index is 0.0283. The van der Waals surface area contributed by atoms with Crippen LogP contribution in [0, 0.1) is 13.8 Å². The van der Waals surface area contributed by atoms with Crippen molar-refractivity contribution in [2.24, 2.45) is 0 Å². The quantitative estimate of drug-likeness (QED) is 0.0114. The Labute approximate surface area is 517 Å². The monoisotopic (exact) mass is 1190 g/mol. The first kappa shape index (κ1) is 64.8. The zero-order valence-electron chi connectivity index (χ0n) is 52.6. The van der Waals surface area contributed by atoms with Crippen LogP contribution < -0.4 is 40.3 Å². The molecule has 8 rings (SSSR count). The van der Waals surface area contributed by atoms with Gasteiger partial charge in [-0.2, -0.15) is 0 Å². The minimum atomic E-state index is -0.580. The molecule has 16 heteroatoms. The van der Waals surface area contributed by atoms with Crippen molar-refractivity contribution in [3.8, 4) is 44.9 Å². The Hall–Kier alpha value is -9.18. The zero-order valence-corrected chi connectivity index (χ0v) is 52.6. The van der Waals surface area contributed by atoms with Gasteiger partial charge in [0.25, 0.3) is 0 Å². The van der Waals surface area contributed by atoms with Gasteiger partial charge in [-0.25, -0.2) is 28.3 Å². The van der Waals surface area contributed by atoms with E-state index in [-0.39, 0.29) is 39.5 Å². The van der Waals surface area contributed by atoms with E-state index in [0.29, 0.717) is 37.3 Å². The van der Waals surface area contributed by atoms with Crippen LogP contribution in [0.1, 0.15) is 78.4 Å². The van der Waals surface area contributed by atoms with Gasteiger partial charge >= 0.3 is 24.1 Å². The summed E-state index contributed by atoms with van der Waals surface area (Å²) < 4.78 is 39.7. The normalized spacial score (nSPS) is 12.0. The molecule has 462 valence electrons. The highest BCUT2D eigenvalue weighted by atomic mass is 16.6. The molecule has 4 aromatic rings. The number of carbonyl (C=O) groups excluding carboxylic acids is 4. The van der Waals surface area contributed by atoms with Crippen LogP contribution in [0.3, 0.4) is 0 Å². The van der Waals surface area contributed by atoms with Gasteiger partial charge in [0.2, 0.25) is 10.7 Å². The number of aryl methyl sites for hydroxylation is 2. The fourth-order valence-corrected chi connectivity index (χ4v) is 11.1. The molecule has 16 nitrogen and oxygen atoms in total. The topological polar surface area (TPSA) is 168 Å². The number of unbranched alkanes of at least 4 members (excludes halogenated alkanes) is 3. The second-order valence-electron chi connectivity index (χ2n) is 22.0. The molecule has 0 unspecified atom stereocenters. The first-order chi connectivity index (χ1) is 42.6. The predicted molar refractivity (Wildman–Crippen MR) is 352 cm³/mol. The Kier molecular flexibility index (Phi) is 23.2. The molecule has 4 aromatic carbocycles. The van der Waals surface area contributed by atoms with Crippen LogP contribution in [0.4, 0.5) is 21.0 Å². The minimum Gasteiger partial charge on any atom is -0.460 e. The van der Waals surface area contributed by atoms with Crippen LogP contribution in [-0.4, -0.2) is 116 Å². The number of hydrogen-bond acceptors (Lipinski definition) is 12. The van der Waals surface area contributed by atoms with Crippen molar-refractivity contribution in [1.82, 2.24) is 19.8 Å². The summed E-state index contributed by atoms with van der Waals surface area (Å²) in [5.74, 6) is 0.618. The Morgan fingerprint density at radius 3 is 1.27 bits per heavy atom. The molecule has 2 N–H and O–H groups in total. The molecule has 2 amide bonds. The maximum absolute atomic E-state index is 12.4. The number of rotatable bonds is 29. The first-order valence-electron chi connectivity index (χ1n) is 30.9. The molecule has 0 spiro atoms. The average Bonchev–Trinajstić information content (AvgIpc) is 1.04. The van der Waals surface area contributed by atoms with E-state index < -0.39 is 24.1 Å². The van der Waals surface area contributed by atoms with Crippen LogP contribution in [0.5, 0.6) is 0 Å². The molecule has 0 radical (unpaired) electrons. The summed E-state index contributed by atoms with van der Waals surface area (Å²) in [7, 11) is 0. The summed E-state index contributed by atoms with van der Waals surface area (Å²) in [4.78, 5) is 52.5. The Balaban J connectivity index is 0.955. The number of benzene rings is 6. The summed E-state index contributed by atoms with van der Waals surface area (Å²) in [5.41, 5.74) is 13.0. The smallest absolute Gasteiger partial charge is 0.407 e. The van der Waals surface area contributed by atoms with Crippen molar-refractivity contribution in [2.45, 2.75) is 81.1 Å². The van der Waals surface area contributed by atoms with E-state index in [4.69, 9.17) is 27.8 Å². The molecule has 0 fully saturated rings. The Morgan fingerprint density at radius 1 is 0.489 bits per heavy atom. The van der Waals surface area contributed by atoms with E-state index >= 15 is 0 Å². The maximum Gasteiger partial charge on any atom is 0.407 e. The van der Waals surface area contributed by atoms with Gasteiger partial charge < -0.3 is 48.2 Å². The van der Waals surface area contributed by atoms with Crippen molar-refractivity contribution in [3.63, 3.8) is 0 Å². The second kappa shape index (κ2) is 31.5. The summed E-state index contributed by atoms with van der Waals surface area (Å²) in [6.07, 6.45) is 3.13. The molecular formula is C72H86N6O10+2. The SMILES string of the molecule is C=C(C)C(=O)OCCNC(=O)OCCN(CC)c1ccc2c(-c3ccccc3C)c3ccc(=[N+](CC)CCCCCC[N+](CC)=c4ccc5c(-c6ccccc6C)c6ccc(N(CC)CCOC(=O)NCCOC(=O)C(=C)C)cc6oc-5c4)cc-3oc2c1. The van der Waals surface area contributed by atoms with Crippen molar-refractivity contribution in [3.05, 3.63) is 167 Å². The third-order valence-corrected chi connectivity index (χ3v) is 15.9. The van der Waals surface area contributed by atoms with Gasteiger partial charge in [-0.1, -0.05) is 61.7 Å². The summed E-state index contributed by atoms with van der Waals surface area (Å²) >= 11 is 0. The fourth-order valence-electron chi connectivity index (χ4n) is 11.1. The number of esters is 2. The molecule has 0 saturated heterocycles. The molecule has 2 aliphatic heterocycles. The number of nitrogens with one attached hydrogen (secondary N) is 2. The lowest BCUT2D eigenvalue weighted by Crippen LogP contribution is -2.32. The van der Waals surface area contributed by atoms with E-state index in [1.807, 2.05) is 0 Å². The van der Waals surface area contributed by atoms with Gasteiger partial charge in [0.15, 0.2) is 0 Å². The van der Waals surface area contributed by atoms with Gasteiger partial charge in [-0.15, -0.1) is 0 Å². The number of ether oxygens (including phenoxy) is 4. The molecule has 0 saturated carbocycles. The van der Waals surface area contributed by atoms with E-state index in [1.54, 1.807) is 13.8 Å². The van der Waals surface area contributed by atoms with Crippen molar-refractivity contribution in [1.29, 1.82) is 0 Å². The van der Waals surface area contributed by atoms with Crippen LogP contribution in [0.2, 0.25) is 0 Å². The second-order valence-corrected chi connectivity index (χ2v) is 22.0. The highest BCUT2D eigenvalue weighted by molar-refractivity contribution is 6.04. The number of alkyl carbamates (subject to hydrolysis) is 2. The van der Waals surface area contributed by atoms with Crippen LogP contribution in [0.25, 0.3) is 66.8 Å². The number of nitrogens with zero attached hydrogens (tertiary/aromatic N) is 4. The highest BCUT2D eigenvalue weighted by Crippen LogP contribution is 2.43. The molecular weight excluding hydrogens is 1110 g/mol. The third kappa shape index (κ3) is 16.5. The lowest BCUT2D eigenvalue weighted by atomic mass is 9.91. The van der Waals surface area contributed by atoms with Crippen LogP contribution in [0.15, 0.2) is 154 Å². The lowest BCUT2D eigenvalue weighted by molar-refractivity contribution is -0.139. The van der Waals surface area contributed by atoms with Gasteiger partial charge in [-0.05, 0) is 127 Å². The summed E-state index contributed by atoms with van der Waals surface area (Å²) in [6, 6.07) is 42.9. The number of hydrogen-bond donors (Lipinski definition) is 2. The van der Waals surface area contributed by atoms with Gasteiger partial charge in [0.1, 0.15) is 75.3 Å². The first-order valence-corrected chi connectivity index (χ1v) is 30.9. The Morgan fingerprint density at radius 2 is 0.898 bits per heavy atom. The molecule has 88 heavy (non-hydrogen) atoms. The van der Waals surface area contributed by atoms with Crippen molar-refractivity contribution >= 4 is 57.4 Å². The van der Waals surface area contributed by atoms with Crippen LogP contribution >= 0.6 is 0 Å². The molecule has 2 heterocycles. The molecule has 4 aliphatic rings. The summed E-state index contributed by atoms with van der Waals surface area (Å²) in [5, 5.41) is 9.52. The maximum atomic E-state index is 12.4. The number of anilines is 2. The molecule has 0 bridgehead atoms. The van der Waals surface area contributed by atoms with Gasteiger partial charge in [0.05, 0.1) is 38.3 Å². The van der Waals surface area contributed by atoms with E-state index in [9.17, 15) is 19.2 Å².